The molecule has 13 nitrogen and oxygen atoms in total. The minimum absolute atomic E-state index is 0.0654. The number of hydrogen-bond acceptors (Lipinski definition) is 11. The molecule has 216 valence electrons. The van der Waals surface area contributed by atoms with Crippen LogP contribution >= 0.6 is 19.5 Å². The number of aliphatic hydroxyl groups is 1. The fourth-order valence-electron chi connectivity index (χ4n) is 3.33. The van der Waals surface area contributed by atoms with Gasteiger partial charge >= 0.3 is 19.4 Å². The molecule has 1 saturated heterocycles. The molecule has 2 rings (SSSR count). The normalized spacial score (nSPS) is 24.2. The molecule has 0 spiro atoms. The van der Waals surface area contributed by atoms with E-state index in [4.69, 9.17) is 18.5 Å². The van der Waals surface area contributed by atoms with Crippen LogP contribution in [0.15, 0.2) is 21.9 Å². The number of thioether (sulfide) groups is 1. The first kappa shape index (κ1) is 32.4. The summed E-state index contributed by atoms with van der Waals surface area (Å²) in [6.45, 7) is 11.4. The summed E-state index contributed by atoms with van der Waals surface area (Å²) in [5.41, 5.74) is -1.91. The highest BCUT2D eigenvalue weighted by atomic mass is 32.2. The van der Waals surface area contributed by atoms with Crippen molar-refractivity contribution in [3.63, 3.8) is 0 Å². The summed E-state index contributed by atoms with van der Waals surface area (Å²) in [5, 5.41) is 13.1. The lowest BCUT2D eigenvalue weighted by Crippen LogP contribution is -2.36. The van der Waals surface area contributed by atoms with Crippen molar-refractivity contribution in [3.05, 3.63) is 33.1 Å². The number of aromatic amines is 1. The fraction of sp³-hybridized carbons (Fsp3) is 0.739. The zero-order valence-electron chi connectivity index (χ0n) is 22.7. The quantitative estimate of drug-likeness (QED) is 0.186. The molecule has 0 saturated carbocycles. The van der Waals surface area contributed by atoms with Gasteiger partial charge in [-0.25, -0.2) is 14.4 Å². The summed E-state index contributed by atoms with van der Waals surface area (Å²) >= 11 is 1.03. The maximum absolute atomic E-state index is 13.6. The lowest BCUT2D eigenvalue weighted by molar-refractivity contribution is -0.149. The van der Waals surface area contributed by atoms with Crippen LogP contribution in [0.4, 0.5) is 0 Å². The molecular formula is C23H38N3O10PS. The predicted molar refractivity (Wildman–Crippen MR) is 141 cm³/mol. The second kappa shape index (κ2) is 13.5. The van der Waals surface area contributed by atoms with Crippen LogP contribution in [-0.4, -0.2) is 69.1 Å². The highest BCUT2D eigenvalue weighted by Gasteiger charge is 2.44. The van der Waals surface area contributed by atoms with Crippen LogP contribution in [0.1, 0.15) is 54.7 Å². The van der Waals surface area contributed by atoms with E-state index >= 15 is 0 Å². The van der Waals surface area contributed by atoms with Gasteiger partial charge in [0.15, 0.2) is 11.3 Å². The molecule has 1 unspecified atom stereocenters. The smallest absolute Gasteiger partial charge is 0.406 e. The molecule has 0 aromatic carbocycles. The van der Waals surface area contributed by atoms with E-state index in [0.29, 0.717) is 0 Å². The van der Waals surface area contributed by atoms with Crippen LogP contribution in [-0.2, 0) is 32.7 Å². The van der Waals surface area contributed by atoms with Crippen molar-refractivity contribution in [2.75, 3.05) is 19.0 Å². The SMILES string of the molecule is CC(C)OC(=O)[C@H](C)NP(=O)(OCCSC(=O)C(C)(C)C)OC[C@H]1O[C@@H](n2ccc(=O)[nH]c2=O)[C@H](O)[C@@H]1C. The lowest BCUT2D eigenvalue weighted by Gasteiger charge is -2.25. The van der Waals surface area contributed by atoms with Gasteiger partial charge in [-0.2, -0.15) is 0 Å². The van der Waals surface area contributed by atoms with Crippen LogP contribution < -0.4 is 16.3 Å². The van der Waals surface area contributed by atoms with E-state index in [1.54, 1.807) is 41.5 Å². The van der Waals surface area contributed by atoms with Crippen molar-refractivity contribution in [1.82, 2.24) is 14.6 Å². The number of nitrogens with zero attached hydrogens (tertiary/aromatic N) is 1. The Labute approximate surface area is 225 Å². The predicted octanol–water partition coefficient (Wildman–Crippen LogP) is 1.81. The van der Waals surface area contributed by atoms with Gasteiger partial charge in [-0.15, -0.1) is 0 Å². The molecule has 3 N–H and O–H groups in total. The standard InChI is InChI=1S/C23H38N3O10PS/c1-13(2)35-20(29)15(4)25-37(32,33-10-11-38-21(30)23(5,6)7)34-12-16-14(3)18(28)19(36-16)26-9-8-17(27)24-22(26)31/h8-9,13-16,18-19,28H,10-12H2,1-7H3,(H,25,32)(H,24,27,31)/t14-,15+,16-,18-,19-,37?/m1/s1. The van der Waals surface area contributed by atoms with Gasteiger partial charge in [0.25, 0.3) is 5.56 Å². The average Bonchev–Trinajstić information content (AvgIpc) is 3.08. The third-order valence-electron chi connectivity index (χ3n) is 5.51. The van der Waals surface area contributed by atoms with Gasteiger partial charge in [-0.05, 0) is 20.8 Å². The Balaban J connectivity index is 2.11. The van der Waals surface area contributed by atoms with E-state index in [1.165, 1.54) is 13.1 Å². The van der Waals surface area contributed by atoms with Crippen LogP contribution in [0.25, 0.3) is 0 Å². The second-order valence-electron chi connectivity index (χ2n) is 10.3. The first-order valence-electron chi connectivity index (χ1n) is 12.2. The van der Waals surface area contributed by atoms with Gasteiger partial charge in [0.2, 0.25) is 0 Å². The van der Waals surface area contributed by atoms with Crippen molar-refractivity contribution < 1.29 is 37.8 Å². The van der Waals surface area contributed by atoms with Gasteiger partial charge in [0.1, 0.15) is 12.1 Å². The van der Waals surface area contributed by atoms with Crippen molar-refractivity contribution in [2.24, 2.45) is 11.3 Å². The Morgan fingerprint density at radius 2 is 1.92 bits per heavy atom. The number of aromatic nitrogens is 2. The largest absolute Gasteiger partial charge is 0.462 e. The van der Waals surface area contributed by atoms with E-state index in [2.05, 4.69) is 10.1 Å². The minimum Gasteiger partial charge on any atom is -0.462 e. The zero-order chi connectivity index (χ0) is 28.8. The number of ether oxygens (including phenoxy) is 2. The molecular weight excluding hydrogens is 541 g/mol. The van der Waals surface area contributed by atoms with Crippen LogP contribution in [0.2, 0.25) is 0 Å². The number of rotatable bonds is 12. The summed E-state index contributed by atoms with van der Waals surface area (Å²) in [6, 6.07) is 0.0740. The number of hydrogen-bond donors (Lipinski definition) is 3. The molecule has 1 aliphatic heterocycles. The van der Waals surface area contributed by atoms with Crippen LogP contribution in [0.3, 0.4) is 0 Å². The average molecular weight is 580 g/mol. The van der Waals surface area contributed by atoms with Gasteiger partial charge < -0.3 is 14.6 Å². The summed E-state index contributed by atoms with van der Waals surface area (Å²) in [6.07, 6.45) is -2.26. The molecule has 6 atom stereocenters. The molecule has 0 amide bonds. The Bertz CT molecular complexity index is 1130. The third kappa shape index (κ3) is 9.15. The van der Waals surface area contributed by atoms with Gasteiger partial charge in [0.05, 0.1) is 25.4 Å². The molecule has 1 aliphatic rings. The van der Waals surface area contributed by atoms with Gasteiger partial charge in [-0.1, -0.05) is 39.5 Å². The van der Waals surface area contributed by atoms with Crippen molar-refractivity contribution >= 4 is 30.6 Å². The van der Waals surface area contributed by atoms with Crippen molar-refractivity contribution in [1.29, 1.82) is 0 Å². The molecule has 15 heteroatoms. The topological polar surface area (TPSA) is 175 Å². The summed E-state index contributed by atoms with van der Waals surface area (Å²) in [5.74, 6) is -1.03. The third-order valence-corrected chi connectivity index (χ3v) is 8.47. The second-order valence-corrected chi connectivity index (χ2v) is 13.1. The summed E-state index contributed by atoms with van der Waals surface area (Å²) in [7, 11) is -4.13. The molecule has 1 fully saturated rings. The summed E-state index contributed by atoms with van der Waals surface area (Å²) < 4.78 is 36.7. The highest BCUT2D eigenvalue weighted by Crippen LogP contribution is 2.46. The molecule has 0 radical (unpaired) electrons. The molecule has 1 aromatic heterocycles. The minimum atomic E-state index is -4.13. The molecule has 38 heavy (non-hydrogen) atoms. The lowest BCUT2D eigenvalue weighted by atomic mass is 10.00. The number of aliphatic hydroxyl groups excluding tert-OH is 1. The number of nitrogens with one attached hydrogen (secondary N) is 2. The molecule has 0 aliphatic carbocycles. The number of carbonyl (C=O) groups is 2. The van der Waals surface area contributed by atoms with E-state index in [0.717, 1.165) is 22.4 Å². The zero-order valence-corrected chi connectivity index (χ0v) is 24.4. The number of esters is 1. The first-order chi connectivity index (χ1) is 17.5. The van der Waals surface area contributed by atoms with Crippen molar-refractivity contribution in [3.8, 4) is 0 Å². The number of carbonyl (C=O) groups excluding carboxylic acids is 2. The highest BCUT2D eigenvalue weighted by molar-refractivity contribution is 8.13. The van der Waals surface area contributed by atoms with E-state index < -0.39 is 66.9 Å². The van der Waals surface area contributed by atoms with Gasteiger partial charge in [0, 0.05) is 29.3 Å². The number of H-pyrrole nitrogens is 1. The van der Waals surface area contributed by atoms with Crippen molar-refractivity contribution in [2.45, 2.75) is 79.0 Å². The van der Waals surface area contributed by atoms with E-state index in [-0.39, 0.29) is 24.1 Å². The first-order valence-corrected chi connectivity index (χ1v) is 14.8. The molecule has 1 aromatic rings. The van der Waals surface area contributed by atoms with E-state index in [1.807, 2.05) is 0 Å². The maximum atomic E-state index is 13.6. The van der Waals surface area contributed by atoms with Crippen LogP contribution in [0.5, 0.6) is 0 Å². The van der Waals surface area contributed by atoms with Crippen LogP contribution in [0, 0.1) is 11.3 Å². The van der Waals surface area contributed by atoms with Gasteiger partial charge in [-0.3, -0.25) is 33.0 Å². The monoisotopic (exact) mass is 579 g/mol. The molecule has 2 heterocycles. The Morgan fingerprint density at radius 1 is 1.26 bits per heavy atom. The fourth-order valence-corrected chi connectivity index (χ4v) is 5.71. The Hall–Kier alpha value is -1.80. The summed E-state index contributed by atoms with van der Waals surface area (Å²) in [4.78, 5) is 50.1. The maximum Gasteiger partial charge on any atom is 0.406 e. The molecule has 0 bridgehead atoms. The van der Waals surface area contributed by atoms with E-state index in [9.17, 15) is 28.8 Å². The Morgan fingerprint density at radius 3 is 2.50 bits per heavy atom. The Kier molecular flexibility index (Phi) is 11.5.